The minimum absolute atomic E-state index is 0.0442. The molecule has 0 radical (unpaired) electrons. The molecule has 2 heterocycles. The lowest BCUT2D eigenvalue weighted by Crippen LogP contribution is -2.51. The summed E-state index contributed by atoms with van der Waals surface area (Å²) >= 11 is 3.28. The average Bonchev–Trinajstić information content (AvgIpc) is 3.62. The fourth-order valence-corrected chi connectivity index (χ4v) is 5.69. The Morgan fingerprint density at radius 1 is 1.23 bits per heavy atom. The van der Waals surface area contributed by atoms with Gasteiger partial charge in [0, 0.05) is 27.7 Å². The van der Waals surface area contributed by atoms with Gasteiger partial charge in [-0.25, -0.2) is 9.78 Å². The SMILES string of the molecule is COC(=O)NC(C(=O)N1CC(C#N)CC1c1ncc(-c2ccc3c(c2)C(F)(F)c2cc(Br)ccc2-3)[nH]1)C(C)C. The van der Waals surface area contributed by atoms with Crippen molar-refractivity contribution < 1.29 is 23.1 Å². The van der Waals surface area contributed by atoms with Gasteiger partial charge in [0.05, 0.1) is 37.0 Å². The summed E-state index contributed by atoms with van der Waals surface area (Å²) in [6.07, 6.45) is 1.17. The Labute approximate surface area is 232 Å². The molecule has 0 saturated carbocycles. The predicted octanol–water partition coefficient (Wildman–Crippen LogP) is 5.75. The van der Waals surface area contributed by atoms with Crippen LogP contribution in [-0.2, 0) is 15.5 Å². The van der Waals surface area contributed by atoms with Gasteiger partial charge < -0.3 is 19.9 Å². The van der Waals surface area contributed by atoms with Crippen LogP contribution in [0.15, 0.2) is 47.1 Å². The number of aromatic amines is 1. The lowest BCUT2D eigenvalue weighted by atomic mass is 10.0. The van der Waals surface area contributed by atoms with E-state index in [1.54, 1.807) is 49.2 Å². The summed E-state index contributed by atoms with van der Waals surface area (Å²) in [5, 5.41) is 12.2. The Bertz CT molecular complexity index is 1500. The molecule has 2 N–H and O–H groups in total. The smallest absolute Gasteiger partial charge is 0.407 e. The first kappa shape index (κ1) is 26.8. The number of carbonyl (C=O) groups excluding carboxylic acids is 2. The molecule has 3 unspecified atom stereocenters. The van der Waals surface area contributed by atoms with Crippen molar-refractivity contribution in [2.24, 2.45) is 11.8 Å². The minimum Gasteiger partial charge on any atom is -0.453 e. The topological polar surface area (TPSA) is 111 Å². The van der Waals surface area contributed by atoms with Crippen LogP contribution in [-0.4, -0.2) is 46.6 Å². The fourth-order valence-electron chi connectivity index (χ4n) is 5.33. The number of likely N-dealkylation sites (tertiary alicyclic amines) is 1. The number of H-pyrrole nitrogens is 1. The molecule has 1 aromatic heterocycles. The molecule has 11 heteroatoms. The van der Waals surface area contributed by atoms with Crippen molar-refractivity contribution in [3.63, 3.8) is 0 Å². The van der Waals surface area contributed by atoms with E-state index in [0.717, 1.165) is 0 Å². The third-order valence-electron chi connectivity index (χ3n) is 7.35. The summed E-state index contributed by atoms with van der Waals surface area (Å²) in [6.45, 7) is 3.79. The first-order valence-electron chi connectivity index (χ1n) is 12.5. The zero-order valence-corrected chi connectivity index (χ0v) is 23.1. The first-order valence-corrected chi connectivity index (χ1v) is 13.3. The molecule has 2 amide bonds. The van der Waals surface area contributed by atoms with Crippen molar-refractivity contribution in [2.75, 3.05) is 13.7 Å². The molecule has 8 nitrogen and oxygen atoms in total. The second-order valence-corrected chi connectivity index (χ2v) is 11.0. The number of carbonyl (C=O) groups is 2. The molecule has 202 valence electrons. The fraction of sp³-hybridized carbons (Fsp3) is 0.357. The number of alkyl carbamates (subject to hydrolysis) is 1. The van der Waals surface area contributed by atoms with Gasteiger partial charge in [-0.2, -0.15) is 14.0 Å². The maximum Gasteiger partial charge on any atom is 0.407 e. The Balaban J connectivity index is 1.45. The van der Waals surface area contributed by atoms with Crippen molar-refractivity contribution in [2.45, 2.75) is 38.3 Å². The largest absolute Gasteiger partial charge is 0.453 e. The van der Waals surface area contributed by atoms with E-state index >= 15 is 8.78 Å². The van der Waals surface area contributed by atoms with E-state index in [9.17, 15) is 14.9 Å². The van der Waals surface area contributed by atoms with Crippen LogP contribution < -0.4 is 5.32 Å². The Kier molecular flexibility index (Phi) is 6.93. The second-order valence-electron chi connectivity index (χ2n) is 10.1. The molecule has 39 heavy (non-hydrogen) atoms. The van der Waals surface area contributed by atoms with Gasteiger partial charge in [0.2, 0.25) is 5.91 Å². The van der Waals surface area contributed by atoms with E-state index in [1.807, 2.05) is 0 Å². The van der Waals surface area contributed by atoms with Crippen molar-refractivity contribution in [3.8, 4) is 28.5 Å². The zero-order valence-electron chi connectivity index (χ0n) is 21.5. The molecule has 1 aliphatic heterocycles. The number of rotatable bonds is 5. The van der Waals surface area contributed by atoms with E-state index in [2.05, 4.69) is 42.0 Å². The molecule has 3 atom stereocenters. The molecular formula is C28H26BrF2N5O3. The standard InChI is InChI=1S/C28H26BrF2N5O3/c1-14(2)24(35-27(38)39-3)26(37)36-13-15(11-32)8-23(36)25-33-12-22(34-25)16-4-6-18-19-7-5-17(29)10-21(19)28(30,31)20(18)9-16/h4-7,9-10,12,14-15,23-24H,8,13H2,1-3H3,(H,33,34)(H,35,38). The van der Waals surface area contributed by atoms with Gasteiger partial charge in [0.1, 0.15) is 11.9 Å². The summed E-state index contributed by atoms with van der Waals surface area (Å²) in [4.78, 5) is 34.6. The van der Waals surface area contributed by atoms with Crippen LogP contribution in [0.5, 0.6) is 0 Å². The zero-order chi connectivity index (χ0) is 28.1. The molecule has 1 fully saturated rings. The van der Waals surface area contributed by atoms with Gasteiger partial charge in [-0.1, -0.05) is 48.0 Å². The highest BCUT2D eigenvalue weighted by Crippen LogP contribution is 2.52. The van der Waals surface area contributed by atoms with Gasteiger partial charge in [-0.05, 0) is 41.7 Å². The average molecular weight is 598 g/mol. The van der Waals surface area contributed by atoms with Crippen molar-refractivity contribution in [1.29, 1.82) is 5.26 Å². The summed E-state index contributed by atoms with van der Waals surface area (Å²) in [5.74, 6) is -3.72. The van der Waals surface area contributed by atoms with Gasteiger partial charge >= 0.3 is 6.09 Å². The first-order chi connectivity index (χ1) is 18.5. The maximum atomic E-state index is 15.4. The van der Waals surface area contributed by atoms with Crippen LogP contribution in [0.3, 0.4) is 0 Å². The number of nitrogens with one attached hydrogen (secondary N) is 2. The normalized spacial score (nSPS) is 19.8. The van der Waals surface area contributed by atoms with E-state index in [4.69, 9.17) is 0 Å². The number of amides is 2. The van der Waals surface area contributed by atoms with Crippen LogP contribution in [0.1, 0.15) is 43.3 Å². The number of halogens is 3. The number of alkyl halides is 2. The molecule has 2 aromatic carbocycles. The molecule has 0 bridgehead atoms. The number of imidazole rings is 1. The lowest BCUT2D eigenvalue weighted by Gasteiger charge is -2.29. The summed E-state index contributed by atoms with van der Waals surface area (Å²) in [6, 6.07) is 10.6. The Hall–Kier alpha value is -3.78. The number of methoxy groups -OCH3 is 1. The molecular weight excluding hydrogens is 572 g/mol. The molecule has 0 spiro atoms. The molecule has 3 aromatic rings. The number of hydrogen-bond acceptors (Lipinski definition) is 5. The van der Waals surface area contributed by atoms with Gasteiger partial charge in [-0.15, -0.1) is 0 Å². The van der Waals surface area contributed by atoms with Crippen LogP contribution >= 0.6 is 15.9 Å². The number of nitrogens with zero attached hydrogens (tertiary/aromatic N) is 3. The van der Waals surface area contributed by atoms with Gasteiger partial charge in [0.15, 0.2) is 0 Å². The van der Waals surface area contributed by atoms with Crippen molar-refractivity contribution in [3.05, 3.63) is 64.0 Å². The summed E-state index contributed by atoms with van der Waals surface area (Å²) in [5.41, 5.74) is 1.89. The monoisotopic (exact) mass is 597 g/mol. The summed E-state index contributed by atoms with van der Waals surface area (Å²) < 4.78 is 36.0. The lowest BCUT2D eigenvalue weighted by molar-refractivity contribution is -0.135. The highest BCUT2D eigenvalue weighted by atomic mass is 79.9. The van der Waals surface area contributed by atoms with Crippen LogP contribution in [0.25, 0.3) is 22.4 Å². The number of fused-ring (bicyclic) bond motifs is 3. The van der Waals surface area contributed by atoms with Gasteiger partial charge in [0.25, 0.3) is 5.92 Å². The minimum atomic E-state index is -3.15. The van der Waals surface area contributed by atoms with Crippen LogP contribution in [0, 0.1) is 23.2 Å². The highest BCUT2D eigenvalue weighted by Gasteiger charge is 2.45. The van der Waals surface area contributed by atoms with E-state index in [0.29, 0.717) is 39.1 Å². The van der Waals surface area contributed by atoms with E-state index < -0.39 is 30.0 Å². The van der Waals surface area contributed by atoms with E-state index in [-0.39, 0.29) is 29.5 Å². The van der Waals surface area contributed by atoms with E-state index in [1.165, 1.54) is 19.2 Å². The quantitative estimate of drug-likeness (QED) is 0.389. The third-order valence-corrected chi connectivity index (χ3v) is 7.84. The number of ether oxygens (including phenoxy) is 1. The van der Waals surface area contributed by atoms with Crippen molar-refractivity contribution in [1.82, 2.24) is 20.2 Å². The maximum absolute atomic E-state index is 15.4. The second kappa shape index (κ2) is 10.1. The number of benzene rings is 2. The molecule has 5 rings (SSSR count). The van der Waals surface area contributed by atoms with Crippen LogP contribution in [0.4, 0.5) is 13.6 Å². The molecule has 1 saturated heterocycles. The highest BCUT2D eigenvalue weighted by molar-refractivity contribution is 9.10. The van der Waals surface area contributed by atoms with Crippen molar-refractivity contribution >= 4 is 27.9 Å². The predicted molar refractivity (Wildman–Crippen MR) is 142 cm³/mol. The number of nitriles is 1. The Morgan fingerprint density at radius 2 is 1.92 bits per heavy atom. The summed E-state index contributed by atoms with van der Waals surface area (Å²) in [7, 11) is 1.22. The third kappa shape index (κ3) is 4.67. The number of aromatic nitrogens is 2. The van der Waals surface area contributed by atoms with Gasteiger partial charge in [-0.3, -0.25) is 4.79 Å². The molecule has 1 aliphatic carbocycles. The number of hydrogen-bond donors (Lipinski definition) is 2. The Morgan fingerprint density at radius 3 is 2.59 bits per heavy atom. The van der Waals surface area contributed by atoms with Crippen LogP contribution in [0.2, 0.25) is 0 Å². The molecule has 2 aliphatic rings.